The van der Waals surface area contributed by atoms with Gasteiger partial charge in [-0.1, -0.05) is 20.8 Å². The topological polar surface area (TPSA) is 15.3 Å². The van der Waals surface area contributed by atoms with Gasteiger partial charge >= 0.3 is 0 Å². The van der Waals surface area contributed by atoms with Gasteiger partial charge in [0, 0.05) is 42.0 Å². The van der Waals surface area contributed by atoms with E-state index >= 15 is 0 Å². The maximum Gasteiger partial charge on any atom is 0.0442 e. The van der Waals surface area contributed by atoms with Crippen LogP contribution in [0, 0.1) is 5.92 Å². The molecule has 0 radical (unpaired) electrons. The van der Waals surface area contributed by atoms with Crippen LogP contribution in [0.5, 0.6) is 0 Å². The van der Waals surface area contributed by atoms with E-state index < -0.39 is 0 Å². The summed E-state index contributed by atoms with van der Waals surface area (Å²) in [6.07, 6.45) is 3.80. The molecule has 1 aromatic rings. The second-order valence-corrected chi connectivity index (χ2v) is 7.13. The van der Waals surface area contributed by atoms with Gasteiger partial charge in [0.05, 0.1) is 0 Å². The molecule has 0 aliphatic carbocycles. The molecular weight excluding hydrogens is 323 g/mol. The number of thiophene rings is 1. The maximum absolute atomic E-state index is 3.46. The van der Waals surface area contributed by atoms with Crippen LogP contribution in [0.3, 0.4) is 0 Å². The highest BCUT2D eigenvalue weighted by Crippen LogP contribution is 2.32. The van der Waals surface area contributed by atoms with Crippen LogP contribution in [-0.4, -0.2) is 31.1 Å². The number of piperazine rings is 1. The van der Waals surface area contributed by atoms with Crippen molar-refractivity contribution in [2.75, 3.05) is 26.2 Å². The highest BCUT2D eigenvalue weighted by Gasteiger charge is 2.23. The first-order chi connectivity index (χ1) is 9.20. The van der Waals surface area contributed by atoms with E-state index in [0.717, 1.165) is 19.0 Å². The molecule has 2 rings (SSSR count). The molecule has 2 heterocycles. The van der Waals surface area contributed by atoms with Gasteiger partial charge in [0.1, 0.15) is 0 Å². The zero-order valence-corrected chi connectivity index (χ0v) is 15.9. The first-order valence-electron chi connectivity index (χ1n) is 7.74. The number of hydrogen-bond acceptors (Lipinski definition) is 3. The third kappa shape index (κ3) is 6.45. The van der Waals surface area contributed by atoms with E-state index in [1.807, 2.05) is 11.3 Å². The first kappa shape index (κ1) is 21.2. The van der Waals surface area contributed by atoms with Crippen LogP contribution in [0.4, 0.5) is 0 Å². The third-order valence-corrected chi connectivity index (χ3v) is 5.30. The first-order valence-corrected chi connectivity index (χ1v) is 8.55. The summed E-state index contributed by atoms with van der Waals surface area (Å²) in [6, 6.07) is 5.34. The molecule has 1 aromatic heterocycles. The molecule has 0 spiro atoms. The number of nitrogens with zero attached hydrogens (tertiary/aromatic N) is 1. The van der Waals surface area contributed by atoms with Gasteiger partial charge in [-0.25, -0.2) is 0 Å². The highest BCUT2D eigenvalue weighted by atomic mass is 35.5. The van der Waals surface area contributed by atoms with Crippen molar-refractivity contribution >= 4 is 36.2 Å². The minimum absolute atomic E-state index is 0. The summed E-state index contributed by atoms with van der Waals surface area (Å²) in [6.45, 7) is 11.6. The highest BCUT2D eigenvalue weighted by molar-refractivity contribution is 7.12. The Morgan fingerprint density at radius 1 is 1.14 bits per heavy atom. The molecule has 5 heteroatoms. The van der Waals surface area contributed by atoms with Crippen LogP contribution in [0.2, 0.25) is 0 Å². The Labute approximate surface area is 146 Å². The molecule has 0 bridgehead atoms. The lowest BCUT2D eigenvalue weighted by atomic mass is 10.0. The van der Waals surface area contributed by atoms with E-state index in [4.69, 9.17) is 0 Å². The van der Waals surface area contributed by atoms with Gasteiger partial charge in [-0.3, -0.25) is 4.90 Å². The molecule has 1 atom stereocenters. The van der Waals surface area contributed by atoms with Crippen molar-refractivity contribution in [1.82, 2.24) is 10.2 Å². The number of aryl methyl sites for hydroxylation is 1. The molecule has 1 fully saturated rings. The quantitative estimate of drug-likeness (QED) is 0.808. The van der Waals surface area contributed by atoms with Gasteiger partial charge < -0.3 is 5.32 Å². The van der Waals surface area contributed by atoms with Gasteiger partial charge in [-0.2, -0.15) is 0 Å². The predicted molar refractivity (Wildman–Crippen MR) is 99.4 cm³/mol. The molecule has 1 saturated heterocycles. The van der Waals surface area contributed by atoms with E-state index in [0.29, 0.717) is 6.04 Å². The minimum Gasteiger partial charge on any atom is -0.314 e. The fourth-order valence-electron chi connectivity index (χ4n) is 2.75. The van der Waals surface area contributed by atoms with Crippen LogP contribution >= 0.6 is 36.2 Å². The van der Waals surface area contributed by atoms with Gasteiger partial charge in [0.2, 0.25) is 0 Å². The van der Waals surface area contributed by atoms with Crippen molar-refractivity contribution in [3.8, 4) is 0 Å². The van der Waals surface area contributed by atoms with Crippen molar-refractivity contribution in [3.05, 3.63) is 21.9 Å². The lowest BCUT2D eigenvalue weighted by Gasteiger charge is -2.35. The van der Waals surface area contributed by atoms with Gasteiger partial charge in [-0.05, 0) is 37.3 Å². The van der Waals surface area contributed by atoms with Crippen LogP contribution in [-0.2, 0) is 6.42 Å². The van der Waals surface area contributed by atoms with E-state index in [1.165, 1.54) is 37.2 Å². The summed E-state index contributed by atoms with van der Waals surface area (Å²) >= 11 is 2.02. The normalized spacial score (nSPS) is 17.1. The SMILES string of the molecule is CCc1ccc([C@H](CCC(C)C)N2CCNCC2)s1.Cl.Cl. The van der Waals surface area contributed by atoms with Crippen molar-refractivity contribution in [3.63, 3.8) is 0 Å². The van der Waals surface area contributed by atoms with Crippen LogP contribution in [0.25, 0.3) is 0 Å². The summed E-state index contributed by atoms with van der Waals surface area (Å²) in [5.74, 6) is 0.802. The summed E-state index contributed by atoms with van der Waals surface area (Å²) in [5.41, 5.74) is 0. The molecule has 21 heavy (non-hydrogen) atoms. The molecule has 1 aliphatic rings. The van der Waals surface area contributed by atoms with Gasteiger partial charge in [0.15, 0.2) is 0 Å². The molecule has 2 nitrogen and oxygen atoms in total. The zero-order valence-electron chi connectivity index (χ0n) is 13.4. The molecule has 1 N–H and O–H groups in total. The Hall–Kier alpha value is 0.200. The van der Waals surface area contributed by atoms with Gasteiger partial charge in [-0.15, -0.1) is 36.2 Å². The fraction of sp³-hybridized carbons (Fsp3) is 0.750. The van der Waals surface area contributed by atoms with Crippen LogP contribution in [0.15, 0.2) is 12.1 Å². The number of rotatable bonds is 6. The standard InChI is InChI=1S/C16H28N2S.2ClH/c1-4-14-6-8-16(19-14)15(7-5-13(2)3)18-11-9-17-10-12-18;;/h6,8,13,15,17H,4-5,7,9-12H2,1-3H3;2*1H/t15-;;/m0../s1. The Morgan fingerprint density at radius 2 is 1.81 bits per heavy atom. The Morgan fingerprint density at radius 3 is 2.33 bits per heavy atom. The number of halogens is 2. The Balaban J connectivity index is 0.00000200. The minimum atomic E-state index is 0. The molecule has 124 valence electrons. The average Bonchev–Trinajstić information content (AvgIpc) is 2.89. The van der Waals surface area contributed by atoms with E-state index in [2.05, 4.69) is 43.1 Å². The Bertz CT molecular complexity index is 376. The van der Waals surface area contributed by atoms with E-state index in [1.54, 1.807) is 4.88 Å². The maximum atomic E-state index is 3.46. The predicted octanol–water partition coefficient (Wildman–Crippen LogP) is 4.54. The average molecular weight is 353 g/mol. The summed E-state index contributed by atoms with van der Waals surface area (Å²) in [5, 5.41) is 3.46. The van der Waals surface area contributed by atoms with E-state index in [-0.39, 0.29) is 24.8 Å². The number of nitrogens with one attached hydrogen (secondary N) is 1. The second-order valence-electron chi connectivity index (χ2n) is 5.93. The largest absolute Gasteiger partial charge is 0.314 e. The van der Waals surface area contributed by atoms with Crippen molar-refractivity contribution in [1.29, 1.82) is 0 Å². The van der Waals surface area contributed by atoms with Crippen LogP contribution in [0.1, 0.15) is 49.4 Å². The molecule has 0 saturated carbocycles. The van der Waals surface area contributed by atoms with Crippen molar-refractivity contribution in [2.24, 2.45) is 5.92 Å². The monoisotopic (exact) mass is 352 g/mol. The van der Waals surface area contributed by atoms with E-state index in [9.17, 15) is 0 Å². The molecular formula is C16H30Cl2N2S. The summed E-state index contributed by atoms with van der Waals surface area (Å²) in [4.78, 5) is 5.79. The Kier molecular flexibility index (Phi) is 11.0. The fourth-order valence-corrected chi connectivity index (χ4v) is 3.88. The molecule has 0 unspecified atom stereocenters. The second kappa shape index (κ2) is 10.8. The van der Waals surface area contributed by atoms with Gasteiger partial charge in [0.25, 0.3) is 0 Å². The molecule has 0 amide bonds. The van der Waals surface area contributed by atoms with Crippen LogP contribution < -0.4 is 5.32 Å². The summed E-state index contributed by atoms with van der Waals surface area (Å²) in [7, 11) is 0. The van der Waals surface area contributed by atoms with Crippen molar-refractivity contribution < 1.29 is 0 Å². The zero-order chi connectivity index (χ0) is 13.7. The molecule has 1 aliphatic heterocycles. The molecule has 0 aromatic carbocycles. The third-order valence-electron chi connectivity index (χ3n) is 3.97. The lowest BCUT2D eigenvalue weighted by molar-refractivity contribution is 0.162. The lowest BCUT2D eigenvalue weighted by Crippen LogP contribution is -2.45. The smallest absolute Gasteiger partial charge is 0.0442 e. The number of hydrogen-bond donors (Lipinski definition) is 1. The summed E-state index contributed by atoms with van der Waals surface area (Å²) < 4.78 is 0. The van der Waals surface area contributed by atoms with Crippen molar-refractivity contribution in [2.45, 2.75) is 46.1 Å².